The average molecular weight is 434 g/mol. The molecule has 1 aliphatic heterocycles. The van der Waals surface area contributed by atoms with Crippen LogP contribution in [0.3, 0.4) is 0 Å². The van der Waals surface area contributed by atoms with Crippen LogP contribution in [0.2, 0.25) is 0 Å². The summed E-state index contributed by atoms with van der Waals surface area (Å²) >= 11 is 3.51. The van der Waals surface area contributed by atoms with E-state index >= 15 is 0 Å². The highest BCUT2D eigenvalue weighted by molar-refractivity contribution is 9.10. The number of allylic oxidation sites excluding steroid dienone is 1. The zero-order valence-corrected chi connectivity index (χ0v) is 17.5. The highest BCUT2D eigenvalue weighted by Gasteiger charge is 2.44. The van der Waals surface area contributed by atoms with Crippen molar-refractivity contribution in [3.63, 3.8) is 0 Å². The minimum atomic E-state index is -0.442. The van der Waals surface area contributed by atoms with Crippen LogP contribution in [0, 0.1) is 5.92 Å². The molecule has 1 heterocycles. The molecule has 144 valence electrons. The lowest BCUT2D eigenvalue weighted by Crippen LogP contribution is -2.39. The van der Waals surface area contributed by atoms with Crippen LogP contribution in [0.5, 0.6) is 5.75 Å². The summed E-state index contributed by atoms with van der Waals surface area (Å²) in [6.45, 7) is 4.11. The molecule has 1 saturated carbocycles. The zero-order chi connectivity index (χ0) is 19.6. The van der Waals surface area contributed by atoms with Gasteiger partial charge in [-0.25, -0.2) is 4.79 Å². The molecule has 0 saturated heterocycles. The van der Waals surface area contributed by atoms with Crippen molar-refractivity contribution in [1.29, 1.82) is 0 Å². The molecule has 1 aliphatic carbocycles. The van der Waals surface area contributed by atoms with E-state index in [-0.39, 0.29) is 5.78 Å². The van der Waals surface area contributed by atoms with Gasteiger partial charge in [-0.05, 0) is 44.4 Å². The molecule has 1 fully saturated rings. The summed E-state index contributed by atoms with van der Waals surface area (Å²) in [6.07, 6.45) is 2.82. The number of rotatable bonds is 5. The van der Waals surface area contributed by atoms with Crippen LogP contribution in [0.15, 0.2) is 38.9 Å². The summed E-state index contributed by atoms with van der Waals surface area (Å²) in [7, 11) is 1.60. The van der Waals surface area contributed by atoms with Gasteiger partial charge in [0.05, 0.1) is 25.2 Å². The van der Waals surface area contributed by atoms with Gasteiger partial charge in [-0.3, -0.25) is 9.79 Å². The Morgan fingerprint density at radius 2 is 2.07 bits per heavy atom. The fraction of sp³-hybridized carbons (Fsp3) is 0.476. The quantitative estimate of drug-likeness (QED) is 0.636. The fourth-order valence-electron chi connectivity index (χ4n) is 3.94. The van der Waals surface area contributed by atoms with Crippen molar-refractivity contribution >= 4 is 33.4 Å². The third-order valence-corrected chi connectivity index (χ3v) is 5.58. The van der Waals surface area contributed by atoms with Gasteiger partial charge in [-0.1, -0.05) is 22.9 Å². The number of hydrogen-bond acceptors (Lipinski definition) is 5. The summed E-state index contributed by atoms with van der Waals surface area (Å²) in [4.78, 5) is 30.4. The van der Waals surface area contributed by atoms with E-state index < -0.39 is 17.8 Å². The minimum Gasteiger partial charge on any atom is -0.496 e. The standard InChI is InChI=1S/C21H24BrNO4/c1-4-10-27-21(25)18-12(2)23-15-6-5-7-16(24)20(15)19(18)14-11-13(22)8-9-17(14)26-3/h8-9,11,19-20H,4-7,10H2,1-3H3. The van der Waals surface area contributed by atoms with Crippen molar-refractivity contribution < 1.29 is 19.1 Å². The van der Waals surface area contributed by atoms with Crippen LogP contribution in [-0.4, -0.2) is 31.2 Å². The predicted octanol–water partition coefficient (Wildman–Crippen LogP) is 4.59. The van der Waals surface area contributed by atoms with Gasteiger partial charge in [0.15, 0.2) is 0 Å². The van der Waals surface area contributed by atoms with Crippen LogP contribution in [0.4, 0.5) is 0 Å². The molecule has 3 rings (SSSR count). The number of esters is 1. The van der Waals surface area contributed by atoms with Crippen LogP contribution in [-0.2, 0) is 14.3 Å². The van der Waals surface area contributed by atoms with Crippen LogP contribution < -0.4 is 4.74 Å². The van der Waals surface area contributed by atoms with Gasteiger partial charge >= 0.3 is 5.97 Å². The monoisotopic (exact) mass is 433 g/mol. The molecule has 0 bridgehead atoms. The van der Waals surface area contributed by atoms with E-state index in [1.165, 1.54) is 0 Å². The number of carbonyl (C=O) groups excluding carboxylic acids is 2. The van der Waals surface area contributed by atoms with Crippen molar-refractivity contribution in [2.24, 2.45) is 10.9 Å². The molecule has 6 heteroatoms. The van der Waals surface area contributed by atoms with Gasteiger partial charge in [-0.15, -0.1) is 0 Å². The molecule has 27 heavy (non-hydrogen) atoms. The van der Waals surface area contributed by atoms with Crippen LogP contribution in [0.25, 0.3) is 0 Å². The third-order valence-electron chi connectivity index (χ3n) is 5.09. The lowest BCUT2D eigenvalue weighted by Gasteiger charge is -2.36. The topological polar surface area (TPSA) is 65.0 Å². The Morgan fingerprint density at radius 3 is 2.78 bits per heavy atom. The van der Waals surface area contributed by atoms with E-state index in [9.17, 15) is 9.59 Å². The van der Waals surface area contributed by atoms with Gasteiger partial charge < -0.3 is 9.47 Å². The second-order valence-corrected chi connectivity index (χ2v) is 7.82. The SMILES string of the molecule is CCCOC(=O)C1=C(C)N=C2CCCC(=O)C2C1c1cc(Br)ccc1OC. The first-order chi connectivity index (χ1) is 13.0. The van der Waals surface area contributed by atoms with Crippen molar-refractivity contribution in [3.8, 4) is 5.75 Å². The number of aliphatic imine (C=N–C) groups is 1. The van der Waals surface area contributed by atoms with Gasteiger partial charge in [0.2, 0.25) is 0 Å². The molecular formula is C21H24BrNO4. The molecular weight excluding hydrogens is 410 g/mol. The Hall–Kier alpha value is -1.95. The maximum Gasteiger partial charge on any atom is 0.336 e. The van der Waals surface area contributed by atoms with E-state index in [0.29, 0.717) is 30.0 Å². The molecule has 2 atom stereocenters. The number of Topliss-reactive ketones (excluding diaryl/α,β-unsaturated/α-hetero) is 1. The molecule has 1 aromatic carbocycles. The van der Waals surface area contributed by atoms with E-state index in [4.69, 9.17) is 9.47 Å². The van der Waals surface area contributed by atoms with Gasteiger partial charge in [0, 0.05) is 33.8 Å². The number of halogens is 1. The lowest BCUT2D eigenvalue weighted by atomic mass is 9.69. The number of ether oxygens (including phenoxy) is 2. The van der Waals surface area contributed by atoms with Crippen molar-refractivity contribution in [2.75, 3.05) is 13.7 Å². The summed E-state index contributed by atoms with van der Waals surface area (Å²) in [5.41, 5.74) is 2.76. The molecule has 0 amide bonds. The minimum absolute atomic E-state index is 0.125. The van der Waals surface area contributed by atoms with E-state index in [0.717, 1.165) is 35.0 Å². The lowest BCUT2D eigenvalue weighted by molar-refractivity contribution is -0.139. The average Bonchev–Trinajstić information content (AvgIpc) is 2.65. The first kappa shape index (κ1) is 19.8. The molecule has 1 aromatic rings. The molecule has 5 nitrogen and oxygen atoms in total. The van der Waals surface area contributed by atoms with E-state index in [1.54, 1.807) is 7.11 Å². The fourth-order valence-corrected chi connectivity index (χ4v) is 4.32. The molecule has 0 spiro atoms. The predicted molar refractivity (Wildman–Crippen MR) is 107 cm³/mol. The Morgan fingerprint density at radius 1 is 1.30 bits per heavy atom. The molecule has 2 aliphatic rings. The van der Waals surface area contributed by atoms with Crippen molar-refractivity contribution in [2.45, 2.75) is 45.4 Å². The first-order valence-electron chi connectivity index (χ1n) is 9.29. The van der Waals surface area contributed by atoms with Gasteiger partial charge in [-0.2, -0.15) is 0 Å². The molecule has 0 aromatic heterocycles. The molecule has 0 radical (unpaired) electrons. The van der Waals surface area contributed by atoms with Gasteiger partial charge in [0.1, 0.15) is 11.5 Å². The Balaban J connectivity index is 2.18. The maximum atomic E-state index is 12.9. The van der Waals surface area contributed by atoms with Crippen LogP contribution in [0.1, 0.15) is 51.0 Å². The summed E-state index contributed by atoms with van der Waals surface area (Å²) in [5, 5.41) is 0. The second kappa shape index (κ2) is 8.38. The smallest absolute Gasteiger partial charge is 0.336 e. The van der Waals surface area contributed by atoms with Crippen molar-refractivity contribution in [1.82, 2.24) is 0 Å². The Bertz CT molecular complexity index is 827. The second-order valence-electron chi connectivity index (χ2n) is 6.90. The van der Waals surface area contributed by atoms with E-state index in [2.05, 4.69) is 20.9 Å². The largest absolute Gasteiger partial charge is 0.496 e. The number of carbonyl (C=O) groups is 2. The summed E-state index contributed by atoms with van der Waals surface area (Å²) < 4.78 is 11.9. The number of hydrogen-bond donors (Lipinski definition) is 0. The Labute approximate surface area is 168 Å². The normalized spacial score (nSPS) is 22.2. The highest BCUT2D eigenvalue weighted by Crippen LogP contribution is 2.46. The zero-order valence-electron chi connectivity index (χ0n) is 15.9. The molecule has 2 unspecified atom stereocenters. The summed E-state index contributed by atoms with van der Waals surface area (Å²) in [5.74, 6) is -0.504. The maximum absolute atomic E-state index is 12.9. The number of fused-ring (bicyclic) bond motifs is 1. The third kappa shape index (κ3) is 3.86. The number of benzene rings is 1. The number of nitrogens with zero attached hydrogens (tertiary/aromatic N) is 1. The van der Waals surface area contributed by atoms with Crippen LogP contribution >= 0.6 is 15.9 Å². The highest BCUT2D eigenvalue weighted by atomic mass is 79.9. The van der Waals surface area contributed by atoms with E-state index in [1.807, 2.05) is 32.0 Å². The van der Waals surface area contributed by atoms with Crippen molar-refractivity contribution in [3.05, 3.63) is 39.5 Å². The van der Waals surface area contributed by atoms with Gasteiger partial charge in [0.25, 0.3) is 0 Å². The Kier molecular flexibility index (Phi) is 6.15. The summed E-state index contributed by atoms with van der Waals surface area (Å²) in [6, 6.07) is 5.66. The first-order valence-corrected chi connectivity index (χ1v) is 10.1. The molecule has 0 N–H and O–H groups in total. The number of ketones is 1. The number of methoxy groups -OCH3 is 1.